The number of likely N-dealkylation sites (tertiary alicyclic amines) is 1. The van der Waals surface area contributed by atoms with Gasteiger partial charge in [-0.25, -0.2) is 4.98 Å². The number of piperidine rings is 1. The first-order valence-electron chi connectivity index (χ1n) is 8.34. The number of rotatable bonds is 5. The van der Waals surface area contributed by atoms with E-state index < -0.39 is 0 Å². The maximum atomic E-state index is 4.13. The van der Waals surface area contributed by atoms with Crippen LogP contribution in [0.25, 0.3) is 0 Å². The Morgan fingerprint density at radius 3 is 2.60 bits per heavy atom. The molecule has 3 nitrogen and oxygen atoms in total. The SMILES string of the molecule is CC1(C)[C@@H](CCn2ccnc2)C[C@H]1CN1CCCCC1. The molecule has 1 aromatic heterocycles. The highest BCUT2D eigenvalue weighted by Crippen LogP contribution is 2.53. The minimum atomic E-state index is 0.526. The maximum absolute atomic E-state index is 4.13. The highest BCUT2D eigenvalue weighted by molar-refractivity contribution is 4.97. The average molecular weight is 275 g/mol. The molecule has 1 aliphatic heterocycles. The normalized spacial score (nSPS) is 30.1. The van der Waals surface area contributed by atoms with E-state index in [4.69, 9.17) is 0 Å². The molecular weight excluding hydrogens is 246 g/mol. The van der Waals surface area contributed by atoms with Crippen LogP contribution < -0.4 is 0 Å². The largest absolute Gasteiger partial charge is 0.337 e. The maximum Gasteiger partial charge on any atom is 0.0945 e. The molecule has 20 heavy (non-hydrogen) atoms. The van der Waals surface area contributed by atoms with Gasteiger partial charge in [0.15, 0.2) is 0 Å². The highest BCUT2D eigenvalue weighted by Gasteiger charge is 2.47. The topological polar surface area (TPSA) is 21.1 Å². The molecule has 2 heterocycles. The Kier molecular flexibility index (Phi) is 4.16. The molecule has 0 radical (unpaired) electrons. The minimum Gasteiger partial charge on any atom is -0.337 e. The molecule has 0 bridgehead atoms. The van der Waals surface area contributed by atoms with Crippen LogP contribution in [-0.4, -0.2) is 34.1 Å². The van der Waals surface area contributed by atoms with Crippen molar-refractivity contribution in [1.29, 1.82) is 0 Å². The fourth-order valence-corrected chi connectivity index (χ4v) is 4.10. The monoisotopic (exact) mass is 275 g/mol. The van der Waals surface area contributed by atoms with Gasteiger partial charge in [-0.15, -0.1) is 0 Å². The van der Waals surface area contributed by atoms with Crippen molar-refractivity contribution in [3.63, 3.8) is 0 Å². The summed E-state index contributed by atoms with van der Waals surface area (Å²) in [6.45, 7) is 10.1. The van der Waals surface area contributed by atoms with Crippen LogP contribution in [0.1, 0.15) is 46.0 Å². The van der Waals surface area contributed by atoms with Crippen LogP contribution in [0.5, 0.6) is 0 Å². The van der Waals surface area contributed by atoms with Gasteiger partial charge in [-0.1, -0.05) is 20.3 Å². The van der Waals surface area contributed by atoms with E-state index in [1.807, 2.05) is 12.5 Å². The van der Waals surface area contributed by atoms with Crippen LogP contribution >= 0.6 is 0 Å². The third kappa shape index (κ3) is 2.93. The van der Waals surface area contributed by atoms with Crippen LogP contribution in [0.3, 0.4) is 0 Å². The predicted molar refractivity (Wildman–Crippen MR) is 82.5 cm³/mol. The van der Waals surface area contributed by atoms with Crippen molar-refractivity contribution in [2.24, 2.45) is 17.3 Å². The summed E-state index contributed by atoms with van der Waals surface area (Å²) in [6, 6.07) is 0. The molecule has 1 saturated carbocycles. The molecule has 1 aromatic rings. The molecule has 2 atom stereocenters. The summed E-state index contributed by atoms with van der Waals surface area (Å²) in [6.07, 6.45) is 12.9. The first-order valence-corrected chi connectivity index (χ1v) is 8.34. The summed E-state index contributed by atoms with van der Waals surface area (Å²) >= 11 is 0. The Labute approximate surface area is 123 Å². The Morgan fingerprint density at radius 1 is 1.15 bits per heavy atom. The lowest BCUT2D eigenvalue weighted by Crippen LogP contribution is -2.51. The number of aryl methyl sites for hydroxylation is 1. The molecule has 112 valence electrons. The lowest BCUT2D eigenvalue weighted by Gasteiger charge is -2.54. The van der Waals surface area contributed by atoms with Crippen molar-refractivity contribution in [3.05, 3.63) is 18.7 Å². The quantitative estimate of drug-likeness (QED) is 0.821. The summed E-state index contributed by atoms with van der Waals surface area (Å²) in [5.41, 5.74) is 0.526. The van der Waals surface area contributed by atoms with Gasteiger partial charge in [-0.3, -0.25) is 0 Å². The zero-order chi connectivity index (χ0) is 14.0. The summed E-state index contributed by atoms with van der Waals surface area (Å²) in [5.74, 6) is 1.80. The lowest BCUT2D eigenvalue weighted by atomic mass is 9.53. The number of nitrogens with zero attached hydrogens (tertiary/aromatic N) is 3. The van der Waals surface area contributed by atoms with E-state index in [2.05, 4.69) is 34.5 Å². The van der Waals surface area contributed by atoms with Gasteiger partial charge >= 0.3 is 0 Å². The molecule has 0 amide bonds. The molecule has 3 rings (SSSR count). The van der Waals surface area contributed by atoms with Gasteiger partial charge in [-0.05, 0) is 56.0 Å². The van der Waals surface area contributed by atoms with E-state index in [1.54, 1.807) is 0 Å². The standard InChI is InChI=1S/C17H29N3/c1-17(2)15(6-10-20-11-7-18-14-20)12-16(17)13-19-8-4-3-5-9-19/h7,11,14-16H,3-6,8-10,12-13H2,1-2H3/t15-,16-/m0/s1. The van der Waals surface area contributed by atoms with E-state index in [9.17, 15) is 0 Å². The minimum absolute atomic E-state index is 0.526. The fourth-order valence-electron chi connectivity index (χ4n) is 4.10. The van der Waals surface area contributed by atoms with Crippen LogP contribution in [0.15, 0.2) is 18.7 Å². The van der Waals surface area contributed by atoms with Crippen LogP contribution in [0.4, 0.5) is 0 Å². The third-order valence-electron chi connectivity index (χ3n) is 5.90. The Hall–Kier alpha value is -0.830. The average Bonchev–Trinajstić information content (AvgIpc) is 2.96. The molecule has 0 spiro atoms. The molecule has 0 N–H and O–H groups in total. The van der Waals surface area contributed by atoms with Crippen molar-refractivity contribution in [1.82, 2.24) is 14.5 Å². The van der Waals surface area contributed by atoms with Crippen molar-refractivity contribution >= 4 is 0 Å². The van der Waals surface area contributed by atoms with Gasteiger partial charge < -0.3 is 9.47 Å². The Bertz CT molecular complexity index is 404. The van der Waals surface area contributed by atoms with Crippen LogP contribution in [-0.2, 0) is 6.54 Å². The number of hydrogen-bond acceptors (Lipinski definition) is 2. The van der Waals surface area contributed by atoms with E-state index in [1.165, 1.54) is 51.7 Å². The summed E-state index contributed by atoms with van der Waals surface area (Å²) < 4.78 is 2.22. The molecule has 3 heteroatoms. The zero-order valence-corrected chi connectivity index (χ0v) is 13.1. The number of aromatic nitrogens is 2. The number of hydrogen-bond donors (Lipinski definition) is 0. The summed E-state index contributed by atoms with van der Waals surface area (Å²) in [4.78, 5) is 6.84. The second-order valence-corrected chi connectivity index (χ2v) is 7.40. The predicted octanol–water partition coefficient (Wildman–Crippen LogP) is 3.42. The Morgan fingerprint density at radius 2 is 1.95 bits per heavy atom. The first kappa shape index (κ1) is 14.1. The van der Waals surface area contributed by atoms with Crippen LogP contribution in [0.2, 0.25) is 0 Å². The van der Waals surface area contributed by atoms with Crippen molar-refractivity contribution < 1.29 is 0 Å². The van der Waals surface area contributed by atoms with Gasteiger partial charge in [0.2, 0.25) is 0 Å². The second-order valence-electron chi connectivity index (χ2n) is 7.40. The molecule has 2 fully saturated rings. The van der Waals surface area contributed by atoms with E-state index in [0.29, 0.717) is 5.41 Å². The Balaban J connectivity index is 1.46. The highest BCUT2D eigenvalue weighted by atomic mass is 15.1. The molecule has 0 unspecified atom stereocenters. The van der Waals surface area contributed by atoms with Gasteiger partial charge in [0.05, 0.1) is 6.33 Å². The molecular formula is C17H29N3. The van der Waals surface area contributed by atoms with E-state index >= 15 is 0 Å². The smallest absolute Gasteiger partial charge is 0.0945 e. The molecule has 2 aliphatic rings. The van der Waals surface area contributed by atoms with E-state index in [0.717, 1.165) is 18.4 Å². The van der Waals surface area contributed by atoms with Crippen molar-refractivity contribution in [3.8, 4) is 0 Å². The molecule has 1 saturated heterocycles. The molecule has 1 aliphatic carbocycles. The summed E-state index contributed by atoms with van der Waals surface area (Å²) in [5, 5.41) is 0. The van der Waals surface area contributed by atoms with Gasteiger partial charge in [0.1, 0.15) is 0 Å². The lowest BCUT2D eigenvalue weighted by molar-refractivity contribution is -0.0483. The van der Waals surface area contributed by atoms with Gasteiger partial charge in [0, 0.05) is 25.5 Å². The first-order chi connectivity index (χ1) is 9.66. The third-order valence-corrected chi connectivity index (χ3v) is 5.90. The van der Waals surface area contributed by atoms with Gasteiger partial charge in [0.25, 0.3) is 0 Å². The van der Waals surface area contributed by atoms with E-state index in [-0.39, 0.29) is 0 Å². The molecule has 0 aromatic carbocycles. The second kappa shape index (κ2) is 5.88. The van der Waals surface area contributed by atoms with Crippen LogP contribution in [0, 0.1) is 17.3 Å². The van der Waals surface area contributed by atoms with Gasteiger partial charge in [-0.2, -0.15) is 0 Å². The van der Waals surface area contributed by atoms with Crippen molar-refractivity contribution in [2.45, 2.75) is 52.5 Å². The fraction of sp³-hybridized carbons (Fsp3) is 0.824. The zero-order valence-electron chi connectivity index (χ0n) is 13.1. The van der Waals surface area contributed by atoms with Crippen molar-refractivity contribution in [2.75, 3.05) is 19.6 Å². The summed E-state index contributed by atoms with van der Waals surface area (Å²) in [7, 11) is 0. The number of imidazole rings is 1.